The maximum atomic E-state index is 11.9. The molecule has 0 aliphatic rings. The number of hydrogen-bond donors (Lipinski definition) is 1. The Morgan fingerprint density at radius 3 is 2.38 bits per heavy atom. The molecule has 0 bridgehead atoms. The summed E-state index contributed by atoms with van der Waals surface area (Å²) in [5.74, 6) is -0.694. The first-order valence-electron chi connectivity index (χ1n) is 7.33. The summed E-state index contributed by atoms with van der Waals surface area (Å²) in [6, 6.07) is 15.8. The number of nitrogens with zero attached hydrogens (tertiary/aromatic N) is 1. The van der Waals surface area contributed by atoms with Crippen LogP contribution in [0.25, 0.3) is 0 Å². The fourth-order valence-corrected chi connectivity index (χ4v) is 1.82. The lowest BCUT2D eigenvalue weighted by atomic mass is 10.1. The van der Waals surface area contributed by atoms with Crippen molar-refractivity contribution in [1.82, 2.24) is 0 Å². The molecule has 0 saturated carbocycles. The van der Waals surface area contributed by atoms with Crippen molar-refractivity contribution in [2.45, 2.75) is 13.0 Å². The monoisotopic (exact) mass is 326 g/mol. The van der Waals surface area contributed by atoms with Crippen LogP contribution in [0.3, 0.4) is 0 Å². The molecule has 1 N–H and O–H groups in total. The van der Waals surface area contributed by atoms with E-state index in [1.165, 1.54) is 13.3 Å². The van der Waals surface area contributed by atoms with Gasteiger partial charge in [-0.1, -0.05) is 35.5 Å². The van der Waals surface area contributed by atoms with Crippen molar-refractivity contribution < 1.29 is 19.2 Å². The van der Waals surface area contributed by atoms with E-state index in [2.05, 4.69) is 15.2 Å². The Morgan fingerprint density at radius 2 is 1.75 bits per heavy atom. The highest BCUT2D eigenvalue weighted by Crippen LogP contribution is 2.07. The molecule has 2 aromatic rings. The van der Waals surface area contributed by atoms with Crippen molar-refractivity contribution in [1.29, 1.82) is 0 Å². The number of anilines is 1. The van der Waals surface area contributed by atoms with E-state index in [1.54, 1.807) is 43.3 Å². The van der Waals surface area contributed by atoms with Gasteiger partial charge in [0.2, 0.25) is 6.10 Å². The van der Waals surface area contributed by atoms with Crippen LogP contribution in [0.15, 0.2) is 59.8 Å². The maximum Gasteiger partial charge on any atom is 0.337 e. The van der Waals surface area contributed by atoms with Gasteiger partial charge in [-0.15, -0.1) is 0 Å². The van der Waals surface area contributed by atoms with Crippen LogP contribution in [0.2, 0.25) is 0 Å². The Bertz CT molecular complexity index is 712. The van der Waals surface area contributed by atoms with Crippen LogP contribution in [0.1, 0.15) is 22.8 Å². The minimum Gasteiger partial charge on any atom is -0.465 e. The second-order valence-electron chi connectivity index (χ2n) is 4.95. The van der Waals surface area contributed by atoms with Gasteiger partial charge in [0.25, 0.3) is 5.91 Å². The van der Waals surface area contributed by atoms with Crippen molar-refractivity contribution in [3.63, 3.8) is 0 Å². The van der Waals surface area contributed by atoms with Crippen LogP contribution < -0.4 is 5.32 Å². The first kappa shape index (κ1) is 17.2. The number of carbonyl (C=O) groups is 2. The minimum atomic E-state index is -0.740. The van der Waals surface area contributed by atoms with Gasteiger partial charge < -0.3 is 14.9 Å². The molecule has 0 aliphatic heterocycles. The van der Waals surface area contributed by atoms with Gasteiger partial charge >= 0.3 is 5.97 Å². The molecule has 6 nitrogen and oxygen atoms in total. The van der Waals surface area contributed by atoms with Crippen LogP contribution in [0.4, 0.5) is 5.69 Å². The summed E-state index contributed by atoms with van der Waals surface area (Å²) in [4.78, 5) is 28.4. The number of methoxy groups -OCH3 is 1. The standard InChI is InChI=1S/C18H18N2O4/c1-13(17(21)20-16-6-4-3-5-7-16)24-19-12-14-8-10-15(11-9-14)18(22)23-2/h3-13H,1-2H3,(H,20,21)/b19-12+. The van der Waals surface area contributed by atoms with E-state index >= 15 is 0 Å². The van der Waals surface area contributed by atoms with E-state index in [-0.39, 0.29) is 5.91 Å². The molecule has 0 spiro atoms. The number of nitrogens with one attached hydrogen (secondary N) is 1. The van der Waals surface area contributed by atoms with Crippen LogP contribution in [-0.4, -0.2) is 31.3 Å². The summed E-state index contributed by atoms with van der Waals surface area (Å²) in [6.07, 6.45) is 0.726. The van der Waals surface area contributed by atoms with Gasteiger partial charge in [0.05, 0.1) is 18.9 Å². The third-order valence-corrected chi connectivity index (χ3v) is 3.16. The quantitative estimate of drug-likeness (QED) is 0.503. The van der Waals surface area contributed by atoms with Gasteiger partial charge in [0, 0.05) is 5.69 Å². The molecule has 0 aliphatic carbocycles. The number of benzene rings is 2. The van der Waals surface area contributed by atoms with Gasteiger partial charge in [0.1, 0.15) is 0 Å². The third kappa shape index (κ3) is 4.95. The number of esters is 1. The molecule has 0 fully saturated rings. The molecule has 0 aromatic heterocycles. The van der Waals surface area contributed by atoms with Gasteiger partial charge in [0.15, 0.2) is 0 Å². The highest BCUT2D eigenvalue weighted by Gasteiger charge is 2.13. The molecular weight excluding hydrogens is 308 g/mol. The average molecular weight is 326 g/mol. The van der Waals surface area contributed by atoms with Gasteiger partial charge in [-0.2, -0.15) is 0 Å². The van der Waals surface area contributed by atoms with E-state index in [0.717, 1.165) is 5.56 Å². The van der Waals surface area contributed by atoms with Crippen molar-refractivity contribution in [2.75, 3.05) is 12.4 Å². The zero-order valence-electron chi connectivity index (χ0n) is 13.4. The SMILES string of the molecule is COC(=O)c1ccc(/C=N/OC(C)C(=O)Nc2ccccc2)cc1. The Morgan fingerprint density at radius 1 is 1.08 bits per heavy atom. The molecule has 2 rings (SSSR count). The molecular formula is C18H18N2O4. The number of ether oxygens (including phenoxy) is 1. The van der Waals surface area contributed by atoms with Crippen LogP contribution in [-0.2, 0) is 14.4 Å². The van der Waals surface area contributed by atoms with E-state index < -0.39 is 12.1 Å². The van der Waals surface area contributed by atoms with Crippen molar-refractivity contribution in [3.8, 4) is 0 Å². The Hall–Kier alpha value is -3.15. The van der Waals surface area contributed by atoms with Crippen molar-refractivity contribution in [3.05, 3.63) is 65.7 Å². The molecule has 6 heteroatoms. The Kier molecular flexibility index (Phi) is 6.08. The number of para-hydroxylation sites is 1. The molecule has 2 aromatic carbocycles. The van der Waals surface area contributed by atoms with Gasteiger partial charge in [-0.25, -0.2) is 4.79 Å². The minimum absolute atomic E-state index is 0.292. The third-order valence-electron chi connectivity index (χ3n) is 3.16. The van der Waals surface area contributed by atoms with E-state index in [9.17, 15) is 9.59 Å². The predicted octanol–water partition coefficient (Wildman–Crippen LogP) is 2.85. The fraction of sp³-hybridized carbons (Fsp3) is 0.167. The highest BCUT2D eigenvalue weighted by molar-refractivity contribution is 5.94. The zero-order valence-corrected chi connectivity index (χ0v) is 13.4. The molecule has 1 amide bonds. The average Bonchev–Trinajstić information content (AvgIpc) is 2.62. The highest BCUT2D eigenvalue weighted by atomic mass is 16.6. The lowest BCUT2D eigenvalue weighted by Gasteiger charge is -2.10. The number of rotatable bonds is 6. The van der Waals surface area contributed by atoms with Crippen LogP contribution in [0.5, 0.6) is 0 Å². The molecule has 0 radical (unpaired) electrons. The zero-order chi connectivity index (χ0) is 17.4. The predicted molar refractivity (Wildman–Crippen MR) is 91.0 cm³/mol. The van der Waals surface area contributed by atoms with Crippen LogP contribution >= 0.6 is 0 Å². The van der Waals surface area contributed by atoms with E-state index in [1.807, 2.05) is 18.2 Å². The molecule has 124 valence electrons. The fourth-order valence-electron chi connectivity index (χ4n) is 1.82. The molecule has 0 heterocycles. The number of amides is 1. The lowest BCUT2D eigenvalue weighted by Crippen LogP contribution is -2.26. The number of oxime groups is 1. The maximum absolute atomic E-state index is 11.9. The number of carbonyl (C=O) groups excluding carboxylic acids is 2. The lowest BCUT2D eigenvalue weighted by molar-refractivity contribution is -0.126. The second kappa shape index (κ2) is 8.47. The summed E-state index contributed by atoms with van der Waals surface area (Å²) in [5.41, 5.74) is 1.88. The molecule has 24 heavy (non-hydrogen) atoms. The molecule has 1 unspecified atom stereocenters. The summed E-state index contributed by atoms with van der Waals surface area (Å²) >= 11 is 0. The Labute approximate surface area is 140 Å². The van der Waals surface area contributed by atoms with Gasteiger partial charge in [-0.05, 0) is 36.8 Å². The van der Waals surface area contributed by atoms with E-state index in [0.29, 0.717) is 11.3 Å². The van der Waals surface area contributed by atoms with Crippen LogP contribution in [0, 0.1) is 0 Å². The largest absolute Gasteiger partial charge is 0.465 e. The van der Waals surface area contributed by atoms with E-state index in [4.69, 9.17) is 4.84 Å². The summed E-state index contributed by atoms with van der Waals surface area (Å²) < 4.78 is 4.62. The normalized spacial score (nSPS) is 11.8. The first-order valence-corrected chi connectivity index (χ1v) is 7.33. The number of hydrogen-bond acceptors (Lipinski definition) is 5. The summed E-state index contributed by atoms with van der Waals surface area (Å²) in [6.45, 7) is 1.61. The summed E-state index contributed by atoms with van der Waals surface area (Å²) in [5, 5.41) is 6.52. The van der Waals surface area contributed by atoms with Crippen molar-refractivity contribution in [2.24, 2.45) is 5.16 Å². The van der Waals surface area contributed by atoms with Gasteiger partial charge in [-0.3, -0.25) is 4.79 Å². The second-order valence-corrected chi connectivity index (χ2v) is 4.95. The molecule has 0 saturated heterocycles. The first-order chi connectivity index (χ1) is 11.6. The summed E-state index contributed by atoms with van der Waals surface area (Å²) in [7, 11) is 1.33. The Balaban J connectivity index is 1.86. The topological polar surface area (TPSA) is 77.0 Å². The smallest absolute Gasteiger partial charge is 0.337 e. The molecule has 1 atom stereocenters. The van der Waals surface area contributed by atoms with Crippen molar-refractivity contribution >= 4 is 23.8 Å².